The zero-order valence-electron chi connectivity index (χ0n) is 16.0. The summed E-state index contributed by atoms with van der Waals surface area (Å²) in [6, 6.07) is 5.93. The fourth-order valence-corrected chi connectivity index (χ4v) is 3.86. The molecule has 0 aliphatic carbocycles. The number of para-hydroxylation sites is 1. The smallest absolute Gasteiger partial charge is 0.239 e. The maximum Gasteiger partial charge on any atom is 0.239 e. The van der Waals surface area contributed by atoms with Crippen LogP contribution in [0, 0.1) is 12.7 Å². The van der Waals surface area contributed by atoms with Crippen LogP contribution in [-0.2, 0) is 23.1 Å². The lowest BCUT2D eigenvalue weighted by molar-refractivity contribution is -0.116. The van der Waals surface area contributed by atoms with Gasteiger partial charge in [-0.05, 0) is 26.0 Å². The second-order valence-electron chi connectivity index (χ2n) is 6.21. The predicted molar refractivity (Wildman–Crippen MR) is 111 cm³/mol. The molecule has 2 heterocycles. The van der Waals surface area contributed by atoms with E-state index in [2.05, 4.69) is 25.8 Å². The number of aromatic nitrogens is 4. The number of hydrogen-bond donors (Lipinski definition) is 2. The highest BCUT2D eigenvalue weighted by molar-refractivity contribution is 8.00. The van der Waals surface area contributed by atoms with Crippen LogP contribution in [0.4, 0.5) is 15.2 Å². The van der Waals surface area contributed by atoms with Crippen LogP contribution < -0.4 is 10.6 Å². The van der Waals surface area contributed by atoms with Crippen molar-refractivity contribution in [3.63, 3.8) is 0 Å². The third-order valence-corrected chi connectivity index (χ3v) is 5.90. The van der Waals surface area contributed by atoms with Crippen molar-refractivity contribution < 1.29 is 14.0 Å². The number of nitrogens with zero attached hydrogens (tertiary/aromatic N) is 4. The lowest BCUT2D eigenvalue weighted by Crippen LogP contribution is -2.23. The number of halogens is 1. The molecule has 0 aliphatic heterocycles. The normalized spacial score (nSPS) is 11.9. The van der Waals surface area contributed by atoms with Gasteiger partial charge in [0, 0.05) is 12.4 Å². The summed E-state index contributed by atoms with van der Waals surface area (Å²) < 4.78 is 15.3. The number of rotatable bonds is 7. The average Bonchev–Trinajstić information content (AvgIpc) is 3.23. The molecule has 3 rings (SSSR count). The van der Waals surface area contributed by atoms with Crippen molar-refractivity contribution in [2.75, 3.05) is 10.6 Å². The van der Waals surface area contributed by atoms with Gasteiger partial charge in [0.15, 0.2) is 10.3 Å². The summed E-state index contributed by atoms with van der Waals surface area (Å²) in [5, 5.41) is 15.8. The third-order valence-electron chi connectivity index (χ3n) is 3.89. The molecule has 0 fully saturated rings. The Labute approximate surface area is 174 Å². The van der Waals surface area contributed by atoms with E-state index in [1.54, 1.807) is 30.7 Å². The van der Waals surface area contributed by atoms with Crippen LogP contribution in [0.3, 0.4) is 0 Å². The Hall–Kier alpha value is -2.79. The Morgan fingerprint density at radius 1 is 1.28 bits per heavy atom. The van der Waals surface area contributed by atoms with Crippen molar-refractivity contribution in [1.82, 2.24) is 19.7 Å². The van der Waals surface area contributed by atoms with Gasteiger partial charge in [0.25, 0.3) is 0 Å². The summed E-state index contributed by atoms with van der Waals surface area (Å²) in [6.45, 7) is 3.60. The molecular weight excluding hydrogens is 415 g/mol. The number of thiazole rings is 1. The van der Waals surface area contributed by atoms with Crippen LogP contribution in [0.15, 0.2) is 34.8 Å². The van der Waals surface area contributed by atoms with Crippen LogP contribution in [0.1, 0.15) is 18.4 Å². The van der Waals surface area contributed by atoms with Crippen molar-refractivity contribution in [3.8, 4) is 0 Å². The fourth-order valence-electron chi connectivity index (χ4n) is 2.33. The molecule has 8 nitrogen and oxygen atoms in total. The topological polar surface area (TPSA) is 102 Å². The van der Waals surface area contributed by atoms with Crippen LogP contribution >= 0.6 is 23.1 Å². The molecule has 0 radical (unpaired) electrons. The Morgan fingerprint density at radius 3 is 2.72 bits per heavy atom. The first-order valence-electron chi connectivity index (χ1n) is 8.65. The maximum absolute atomic E-state index is 13.7. The molecule has 2 N–H and O–H groups in total. The summed E-state index contributed by atoms with van der Waals surface area (Å²) in [7, 11) is 1.71. The number of hydrogen-bond acceptors (Lipinski definition) is 7. The van der Waals surface area contributed by atoms with Gasteiger partial charge in [-0.2, -0.15) is 0 Å². The van der Waals surface area contributed by atoms with E-state index in [0.29, 0.717) is 16.1 Å². The molecule has 1 aromatic carbocycles. The summed E-state index contributed by atoms with van der Waals surface area (Å²) in [4.78, 5) is 28.7. The van der Waals surface area contributed by atoms with E-state index in [1.165, 1.54) is 35.2 Å². The average molecular weight is 435 g/mol. The number of thioether (sulfide) groups is 1. The van der Waals surface area contributed by atoms with Crippen molar-refractivity contribution in [1.29, 1.82) is 0 Å². The molecule has 0 bridgehead atoms. The molecule has 11 heteroatoms. The zero-order chi connectivity index (χ0) is 21.0. The molecule has 1 atom stereocenters. The molecule has 0 saturated carbocycles. The van der Waals surface area contributed by atoms with E-state index in [9.17, 15) is 14.0 Å². The number of anilines is 2. The largest absolute Gasteiger partial charge is 0.323 e. The first-order chi connectivity index (χ1) is 13.8. The van der Waals surface area contributed by atoms with Crippen molar-refractivity contribution >= 4 is 45.7 Å². The number of aryl methyl sites for hydroxylation is 1. The van der Waals surface area contributed by atoms with Gasteiger partial charge in [0.2, 0.25) is 11.8 Å². The first-order valence-corrected chi connectivity index (χ1v) is 10.4. The minimum Gasteiger partial charge on any atom is -0.323 e. The number of carbonyl (C=O) groups excluding carboxylic acids is 2. The quantitative estimate of drug-likeness (QED) is 0.554. The third kappa shape index (κ3) is 5.39. The Bertz CT molecular complexity index is 1040. The molecule has 0 spiro atoms. The highest BCUT2D eigenvalue weighted by Gasteiger charge is 2.21. The van der Waals surface area contributed by atoms with Crippen LogP contribution in [0.5, 0.6) is 0 Å². The van der Waals surface area contributed by atoms with Gasteiger partial charge in [0.1, 0.15) is 11.6 Å². The van der Waals surface area contributed by atoms with Gasteiger partial charge in [-0.15, -0.1) is 21.5 Å². The van der Waals surface area contributed by atoms with Crippen molar-refractivity contribution in [3.05, 3.63) is 47.0 Å². The molecule has 2 amide bonds. The van der Waals surface area contributed by atoms with E-state index in [4.69, 9.17) is 0 Å². The lowest BCUT2D eigenvalue weighted by atomic mass is 10.3. The van der Waals surface area contributed by atoms with E-state index in [-0.39, 0.29) is 18.0 Å². The highest BCUT2D eigenvalue weighted by atomic mass is 32.2. The Balaban J connectivity index is 1.59. The van der Waals surface area contributed by atoms with Crippen LogP contribution in [-0.4, -0.2) is 36.8 Å². The van der Waals surface area contributed by atoms with E-state index in [1.807, 2.05) is 12.3 Å². The number of carbonyl (C=O) groups is 2. The summed E-state index contributed by atoms with van der Waals surface area (Å²) in [5.41, 5.74) is 0.953. The molecule has 29 heavy (non-hydrogen) atoms. The zero-order valence-corrected chi connectivity index (χ0v) is 17.6. The lowest BCUT2D eigenvalue weighted by Gasteiger charge is -2.10. The summed E-state index contributed by atoms with van der Waals surface area (Å²) in [5.74, 6) is -0.715. The number of benzene rings is 1. The minimum atomic E-state index is -0.509. The van der Waals surface area contributed by atoms with Gasteiger partial charge in [-0.3, -0.25) is 9.59 Å². The monoisotopic (exact) mass is 434 g/mol. The van der Waals surface area contributed by atoms with Crippen LogP contribution in [0.2, 0.25) is 0 Å². The molecule has 0 saturated heterocycles. The Kier molecular flexibility index (Phi) is 6.60. The molecule has 152 valence electrons. The predicted octanol–water partition coefficient (Wildman–Crippen LogP) is 3.02. The van der Waals surface area contributed by atoms with Gasteiger partial charge < -0.3 is 15.2 Å². The second-order valence-corrected chi connectivity index (χ2v) is 8.37. The van der Waals surface area contributed by atoms with E-state index < -0.39 is 17.0 Å². The number of nitrogens with one attached hydrogen (secondary N) is 2. The molecular formula is C18H19FN6O2S2. The minimum absolute atomic E-state index is 0.0721. The number of amides is 2. The molecule has 0 aliphatic rings. The van der Waals surface area contributed by atoms with Crippen LogP contribution in [0.25, 0.3) is 0 Å². The second kappa shape index (κ2) is 9.14. The van der Waals surface area contributed by atoms with Crippen molar-refractivity contribution in [2.45, 2.75) is 30.7 Å². The SMILES string of the molecule is Cc1csc(NC(=O)[C@@H](C)Sc2nnc(CC(=O)Nc3ccccc3F)n2C)n1. The summed E-state index contributed by atoms with van der Waals surface area (Å²) >= 11 is 2.58. The fraction of sp³-hybridized carbons (Fsp3) is 0.278. The standard InChI is InChI=1S/C18H19FN6O2S2/c1-10-9-28-17(20-10)22-16(27)11(2)29-18-24-23-14(25(18)3)8-15(26)21-13-7-5-4-6-12(13)19/h4-7,9,11H,8H2,1-3H3,(H,21,26)(H,20,22,27)/t11-/m1/s1. The van der Waals surface area contributed by atoms with Gasteiger partial charge in [-0.1, -0.05) is 23.9 Å². The maximum atomic E-state index is 13.7. The summed E-state index contributed by atoms with van der Waals surface area (Å²) in [6.07, 6.45) is -0.0721. The highest BCUT2D eigenvalue weighted by Crippen LogP contribution is 2.24. The Morgan fingerprint density at radius 2 is 2.03 bits per heavy atom. The van der Waals surface area contributed by atoms with E-state index >= 15 is 0 Å². The first kappa shape index (κ1) is 20.9. The molecule has 3 aromatic rings. The van der Waals surface area contributed by atoms with Gasteiger partial charge in [-0.25, -0.2) is 9.37 Å². The van der Waals surface area contributed by atoms with Gasteiger partial charge in [0.05, 0.1) is 23.1 Å². The molecule has 0 unspecified atom stereocenters. The van der Waals surface area contributed by atoms with E-state index in [0.717, 1.165) is 5.69 Å². The van der Waals surface area contributed by atoms with Crippen molar-refractivity contribution in [2.24, 2.45) is 7.05 Å². The van der Waals surface area contributed by atoms with Gasteiger partial charge >= 0.3 is 0 Å². The molecule has 2 aromatic heterocycles.